The maximum absolute atomic E-state index is 4.03. The summed E-state index contributed by atoms with van der Waals surface area (Å²) in [6.07, 6.45) is 3.64. The van der Waals surface area contributed by atoms with E-state index < -0.39 is 0 Å². The molecule has 88 valence electrons. The van der Waals surface area contributed by atoms with Crippen molar-refractivity contribution >= 4 is 21.6 Å². The topological polar surface area (TPSA) is 24.9 Å². The molecule has 17 heavy (non-hydrogen) atoms. The molecular formula is C14H15BrN2. The minimum atomic E-state index is 0.276. The molecule has 2 nitrogen and oxygen atoms in total. The van der Waals surface area contributed by atoms with Gasteiger partial charge in [-0.3, -0.25) is 4.98 Å². The van der Waals surface area contributed by atoms with E-state index in [-0.39, 0.29) is 6.04 Å². The van der Waals surface area contributed by atoms with Crippen molar-refractivity contribution in [1.82, 2.24) is 4.98 Å². The summed E-state index contributed by atoms with van der Waals surface area (Å²) in [5.41, 5.74) is 3.60. The molecule has 1 aromatic carbocycles. The number of aromatic nitrogens is 1. The van der Waals surface area contributed by atoms with E-state index in [1.54, 1.807) is 0 Å². The van der Waals surface area contributed by atoms with Crippen molar-refractivity contribution in [2.45, 2.75) is 19.9 Å². The van der Waals surface area contributed by atoms with E-state index in [9.17, 15) is 0 Å². The zero-order chi connectivity index (χ0) is 12.3. The van der Waals surface area contributed by atoms with E-state index in [1.807, 2.05) is 24.5 Å². The summed E-state index contributed by atoms with van der Waals surface area (Å²) in [7, 11) is 0. The van der Waals surface area contributed by atoms with Crippen LogP contribution in [0, 0.1) is 6.92 Å². The van der Waals surface area contributed by atoms with Crippen molar-refractivity contribution in [3.8, 4) is 0 Å². The molecule has 3 heteroatoms. The van der Waals surface area contributed by atoms with Crippen LogP contribution in [0.2, 0.25) is 0 Å². The van der Waals surface area contributed by atoms with E-state index in [1.165, 1.54) is 11.1 Å². The van der Waals surface area contributed by atoms with Gasteiger partial charge in [-0.1, -0.05) is 15.9 Å². The Hall–Kier alpha value is -1.35. The third-order valence-corrected chi connectivity index (χ3v) is 3.64. The molecule has 0 fully saturated rings. The summed E-state index contributed by atoms with van der Waals surface area (Å²) in [5.74, 6) is 0. The predicted octanol–water partition coefficient (Wildman–Crippen LogP) is 4.33. The van der Waals surface area contributed by atoms with Gasteiger partial charge in [0.15, 0.2) is 0 Å². The van der Waals surface area contributed by atoms with Crippen molar-refractivity contribution in [1.29, 1.82) is 0 Å². The zero-order valence-corrected chi connectivity index (χ0v) is 11.5. The monoisotopic (exact) mass is 290 g/mol. The smallest absolute Gasteiger partial charge is 0.0486 e. The normalized spacial score (nSPS) is 12.2. The Morgan fingerprint density at radius 1 is 1.18 bits per heavy atom. The molecule has 0 aliphatic heterocycles. The predicted molar refractivity (Wildman–Crippen MR) is 75.2 cm³/mol. The molecule has 1 heterocycles. The van der Waals surface area contributed by atoms with Crippen LogP contribution in [0.3, 0.4) is 0 Å². The van der Waals surface area contributed by atoms with Crippen LogP contribution in [-0.4, -0.2) is 4.98 Å². The Bertz CT molecular complexity index is 497. The van der Waals surface area contributed by atoms with Gasteiger partial charge in [-0.2, -0.15) is 0 Å². The van der Waals surface area contributed by atoms with Crippen LogP contribution in [0.15, 0.2) is 47.2 Å². The van der Waals surface area contributed by atoms with Gasteiger partial charge >= 0.3 is 0 Å². The molecule has 0 amide bonds. The zero-order valence-electron chi connectivity index (χ0n) is 9.94. The molecule has 0 bridgehead atoms. The minimum Gasteiger partial charge on any atom is -0.379 e. The number of nitrogens with one attached hydrogen (secondary N) is 1. The Balaban J connectivity index is 2.13. The van der Waals surface area contributed by atoms with Gasteiger partial charge in [0.2, 0.25) is 0 Å². The maximum Gasteiger partial charge on any atom is 0.0486 e. The van der Waals surface area contributed by atoms with Crippen LogP contribution < -0.4 is 5.32 Å². The molecule has 1 N–H and O–H groups in total. The summed E-state index contributed by atoms with van der Waals surface area (Å²) in [4.78, 5) is 4.03. The van der Waals surface area contributed by atoms with Crippen LogP contribution in [0.25, 0.3) is 0 Å². The van der Waals surface area contributed by atoms with Gasteiger partial charge in [-0.25, -0.2) is 0 Å². The number of anilines is 1. The summed E-state index contributed by atoms with van der Waals surface area (Å²) < 4.78 is 1.14. The second-order valence-corrected chi connectivity index (χ2v) is 4.96. The SMILES string of the molecule is Cc1cc(NC(C)c2ccncc2)ccc1Br. The molecule has 1 atom stereocenters. The highest BCUT2D eigenvalue weighted by Crippen LogP contribution is 2.23. The average Bonchev–Trinajstić information content (AvgIpc) is 2.35. The van der Waals surface area contributed by atoms with Gasteiger partial charge in [0, 0.05) is 28.6 Å². The molecule has 0 spiro atoms. The second kappa shape index (κ2) is 5.32. The maximum atomic E-state index is 4.03. The number of benzene rings is 1. The minimum absolute atomic E-state index is 0.276. The Morgan fingerprint density at radius 2 is 1.88 bits per heavy atom. The molecule has 2 aromatic rings. The van der Waals surface area contributed by atoms with Gasteiger partial charge in [0.05, 0.1) is 0 Å². The van der Waals surface area contributed by atoms with Gasteiger partial charge in [-0.15, -0.1) is 0 Å². The van der Waals surface area contributed by atoms with E-state index in [4.69, 9.17) is 0 Å². The lowest BCUT2D eigenvalue weighted by atomic mass is 10.1. The lowest BCUT2D eigenvalue weighted by Gasteiger charge is -2.16. The molecule has 1 aromatic heterocycles. The molecule has 0 saturated heterocycles. The van der Waals surface area contributed by atoms with Crippen molar-refractivity contribution in [3.63, 3.8) is 0 Å². The van der Waals surface area contributed by atoms with Gasteiger partial charge < -0.3 is 5.32 Å². The van der Waals surface area contributed by atoms with E-state index in [0.717, 1.165) is 10.2 Å². The molecular weight excluding hydrogens is 276 g/mol. The highest BCUT2D eigenvalue weighted by Gasteiger charge is 2.05. The van der Waals surface area contributed by atoms with Gasteiger partial charge in [0.25, 0.3) is 0 Å². The van der Waals surface area contributed by atoms with E-state index in [0.29, 0.717) is 0 Å². The fourth-order valence-electron chi connectivity index (χ4n) is 1.72. The molecule has 2 rings (SSSR count). The first kappa shape index (κ1) is 12.1. The first-order valence-electron chi connectivity index (χ1n) is 5.59. The van der Waals surface area contributed by atoms with Crippen molar-refractivity contribution in [2.24, 2.45) is 0 Å². The lowest BCUT2D eigenvalue weighted by Crippen LogP contribution is -2.06. The first-order valence-corrected chi connectivity index (χ1v) is 6.39. The summed E-state index contributed by atoms with van der Waals surface area (Å²) in [6, 6.07) is 10.6. The fourth-order valence-corrected chi connectivity index (χ4v) is 1.97. The molecule has 1 unspecified atom stereocenters. The Morgan fingerprint density at radius 3 is 2.53 bits per heavy atom. The summed E-state index contributed by atoms with van der Waals surface area (Å²) >= 11 is 3.50. The molecule has 0 aliphatic rings. The quantitative estimate of drug-likeness (QED) is 0.910. The van der Waals surface area contributed by atoms with E-state index >= 15 is 0 Å². The van der Waals surface area contributed by atoms with Crippen molar-refractivity contribution < 1.29 is 0 Å². The second-order valence-electron chi connectivity index (χ2n) is 4.11. The largest absolute Gasteiger partial charge is 0.379 e. The van der Waals surface area contributed by atoms with Gasteiger partial charge in [0.1, 0.15) is 0 Å². The number of pyridine rings is 1. The lowest BCUT2D eigenvalue weighted by molar-refractivity contribution is 0.880. The van der Waals surface area contributed by atoms with Crippen molar-refractivity contribution in [3.05, 3.63) is 58.3 Å². The Labute approximate surface area is 110 Å². The molecule has 0 radical (unpaired) electrons. The number of aryl methyl sites for hydroxylation is 1. The standard InChI is InChI=1S/C14H15BrN2/c1-10-9-13(3-4-14(10)15)17-11(2)12-5-7-16-8-6-12/h3-9,11,17H,1-2H3. The highest BCUT2D eigenvalue weighted by atomic mass is 79.9. The number of nitrogens with zero attached hydrogens (tertiary/aromatic N) is 1. The van der Waals surface area contributed by atoms with Crippen LogP contribution in [-0.2, 0) is 0 Å². The van der Waals surface area contributed by atoms with Crippen LogP contribution in [0.4, 0.5) is 5.69 Å². The molecule has 0 saturated carbocycles. The number of rotatable bonds is 3. The molecule has 0 aliphatic carbocycles. The van der Waals surface area contributed by atoms with Crippen LogP contribution in [0.1, 0.15) is 24.1 Å². The van der Waals surface area contributed by atoms with Crippen LogP contribution >= 0.6 is 15.9 Å². The summed E-state index contributed by atoms with van der Waals surface area (Å²) in [5, 5.41) is 3.48. The first-order chi connectivity index (χ1) is 8.16. The van der Waals surface area contributed by atoms with E-state index in [2.05, 4.69) is 58.3 Å². The Kier molecular flexibility index (Phi) is 3.79. The number of halogens is 1. The highest BCUT2D eigenvalue weighted by molar-refractivity contribution is 9.10. The van der Waals surface area contributed by atoms with Crippen LogP contribution in [0.5, 0.6) is 0 Å². The van der Waals surface area contributed by atoms with Crippen molar-refractivity contribution in [2.75, 3.05) is 5.32 Å². The fraction of sp³-hybridized carbons (Fsp3) is 0.214. The summed E-state index contributed by atoms with van der Waals surface area (Å²) in [6.45, 7) is 4.24. The third-order valence-electron chi connectivity index (χ3n) is 2.75. The number of hydrogen-bond donors (Lipinski definition) is 1. The average molecular weight is 291 g/mol. The number of hydrogen-bond acceptors (Lipinski definition) is 2. The third kappa shape index (κ3) is 3.07. The van der Waals surface area contributed by atoms with Gasteiger partial charge in [-0.05, 0) is 55.3 Å².